The van der Waals surface area contributed by atoms with Crippen LogP contribution in [0.25, 0.3) is 10.1 Å². The Morgan fingerprint density at radius 3 is 2.76 bits per heavy atom. The van der Waals surface area contributed by atoms with Crippen LogP contribution in [0.5, 0.6) is 0 Å². The lowest BCUT2D eigenvalue weighted by atomic mass is 10.2. The van der Waals surface area contributed by atoms with Gasteiger partial charge in [-0.15, -0.1) is 11.3 Å². The molecule has 1 aromatic heterocycles. The zero-order valence-electron chi connectivity index (χ0n) is 10.8. The largest absolute Gasteiger partial charge is 0.456 e. The molecule has 0 atom stereocenters. The van der Waals surface area contributed by atoms with Crippen LogP contribution in [0.1, 0.15) is 15.2 Å². The molecule has 2 aromatic carbocycles. The molecule has 0 aliphatic heterocycles. The normalized spacial score (nSPS) is 10.8. The Morgan fingerprint density at radius 2 is 2.00 bits per heavy atom. The van der Waals surface area contributed by atoms with Crippen molar-refractivity contribution in [3.63, 3.8) is 0 Å². The van der Waals surface area contributed by atoms with E-state index < -0.39 is 11.8 Å². The standard InChI is InChI=1S/C16H10ClFO2S/c17-12-5-3-6-13(18)11(12)9-20-16(19)15-8-10-4-1-2-7-14(10)21-15/h1-8H,9H2. The molecule has 0 saturated carbocycles. The first-order chi connectivity index (χ1) is 10.1. The summed E-state index contributed by atoms with van der Waals surface area (Å²) in [7, 11) is 0. The van der Waals surface area contributed by atoms with E-state index in [-0.39, 0.29) is 17.2 Å². The molecule has 21 heavy (non-hydrogen) atoms. The van der Waals surface area contributed by atoms with Gasteiger partial charge in [0.05, 0.1) is 5.02 Å². The Hall–Kier alpha value is -1.91. The molecule has 106 valence electrons. The van der Waals surface area contributed by atoms with Crippen molar-refractivity contribution < 1.29 is 13.9 Å². The van der Waals surface area contributed by atoms with Crippen LogP contribution in [-0.2, 0) is 11.3 Å². The SMILES string of the molecule is O=C(OCc1c(F)cccc1Cl)c1cc2ccccc2s1. The van der Waals surface area contributed by atoms with Crippen LogP contribution in [-0.4, -0.2) is 5.97 Å². The highest BCUT2D eigenvalue weighted by Crippen LogP contribution is 2.26. The number of ether oxygens (including phenoxy) is 1. The Balaban J connectivity index is 1.77. The van der Waals surface area contributed by atoms with Crippen molar-refractivity contribution in [3.8, 4) is 0 Å². The number of thiophene rings is 1. The smallest absolute Gasteiger partial charge is 0.348 e. The van der Waals surface area contributed by atoms with Gasteiger partial charge in [-0.3, -0.25) is 0 Å². The van der Waals surface area contributed by atoms with E-state index in [2.05, 4.69) is 0 Å². The second kappa shape index (κ2) is 5.84. The molecule has 3 aromatic rings. The predicted octanol–water partition coefficient (Wildman–Crippen LogP) is 5.05. The van der Waals surface area contributed by atoms with Gasteiger partial charge in [0.25, 0.3) is 0 Å². The number of carbonyl (C=O) groups is 1. The van der Waals surface area contributed by atoms with Gasteiger partial charge < -0.3 is 4.74 Å². The van der Waals surface area contributed by atoms with Crippen molar-refractivity contribution in [2.75, 3.05) is 0 Å². The number of hydrogen-bond acceptors (Lipinski definition) is 3. The van der Waals surface area contributed by atoms with Crippen molar-refractivity contribution >= 4 is 39.0 Å². The fourth-order valence-corrected chi connectivity index (χ4v) is 3.14. The Bertz CT molecular complexity index is 760. The van der Waals surface area contributed by atoms with Gasteiger partial charge in [0, 0.05) is 10.3 Å². The highest BCUT2D eigenvalue weighted by Gasteiger charge is 2.14. The lowest BCUT2D eigenvalue weighted by Crippen LogP contribution is -2.04. The average molecular weight is 321 g/mol. The molecule has 1 heterocycles. The molecule has 0 spiro atoms. The van der Waals surface area contributed by atoms with Crippen molar-refractivity contribution in [2.24, 2.45) is 0 Å². The zero-order chi connectivity index (χ0) is 14.8. The predicted molar refractivity (Wildman–Crippen MR) is 82.4 cm³/mol. The maximum absolute atomic E-state index is 13.6. The lowest BCUT2D eigenvalue weighted by Gasteiger charge is -2.06. The molecule has 0 radical (unpaired) electrons. The Kier molecular flexibility index (Phi) is 3.90. The van der Waals surface area contributed by atoms with Gasteiger partial charge in [-0.25, -0.2) is 9.18 Å². The van der Waals surface area contributed by atoms with Gasteiger partial charge in [-0.05, 0) is 29.7 Å². The minimum absolute atomic E-state index is 0.182. The third-order valence-corrected chi connectivity index (χ3v) is 4.49. The second-order valence-corrected chi connectivity index (χ2v) is 5.92. The van der Waals surface area contributed by atoms with E-state index in [1.807, 2.05) is 24.3 Å². The number of hydrogen-bond donors (Lipinski definition) is 0. The van der Waals surface area contributed by atoms with E-state index in [1.54, 1.807) is 12.1 Å². The summed E-state index contributed by atoms with van der Waals surface area (Å²) in [6, 6.07) is 13.8. The number of fused-ring (bicyclic) bond motifs is 1. The summed E-state index contributed by atoms with van der Waals surface area (Å²) in [6.07, 6.45) is 0. The van der Waals surface area contributed by atoms with Gasteiger partial charge in [-0.2, -0.15) is 0 Å². The average Bonchev–Trinajstić information content (AvgIpc) is 2.90. The first kappa shape index (κ1) is 14.0. The minimum atomic E-state index is -0.480. The van der Waals surface area contributed by atoms with E-state index in [1.165, 1.54) is 23.5 Å². The third-order valence-electron chi connectivity index (χ3n) is 3.04. The van der Waals surface area contributed by atoms with Crippen LogP contribution in [0, 0.1) is 5.82 Å². The molecule has 0 bridgehead atoms. The molecule has 2 nitrogen and oxygen atoms in total. The van der Waals surface area contributed by atoms with E-state index in [0.29, 0.717) is 4.88 Å². The van der Waals surface area contributed by atoms with Crippen LogP contribution in [0.15, 0.2) is 48.5 Å². The van der Waals surface area contributed by atoms with Gasteiger partial charge in [0.2, 0.25) is 0 Å². The summed E-state index contributed by atoms with van der Waals surface area (Å²) in [5, 5.41) is 1.23. The molecule has 0 N–H and O–H groups in total. The molecule has 0 saturated heterocycles. The number of benzene rings is 2. The summed E-state index contributed by atoms with van der Waals surface area (Å²) in [6.45, 7) is -0.182. The molecule has 0 aliphatic rings. The van der Waals surface area contributed by atoms with Crippen molar-refractivity contribution in [3.05, 3.63) is 69.8 Å². The summed E-state index contributed by atoms with van der Waals surface area (Å²) in [5.74, 6) is -0.956. The van der Waals surface area contributed by atoms with Crippen molar-refractivity contribution in [2.45, 2.75) is 6.61 Å². The third kappa shape index (κ3) is 2.91. The topological polar surface area (TPSA) is 26.3 Å². The van der Waals surface area contributed by atoms with E-state index in [4.69, 9.17) is 16.3 Å². The van der Waals surface area contributed by atoms with Gasteiger partial charge in [0.1, 0.15) is 17.3 Å². The molecule has 0 fully saturated rings. The summed E-state index contributed by atoms with van der Waals surface area (Å²) in [4.78, 5) is 12.5. The highest BCUT2D eigenvalue weighted by atomic mass is 35.5. The summed E-state index contributed by atoms with van der Waals surface area (Å²) in [5.41, 5.74) is 0.189. The maximum Gasteiger partial charge on any atom is 0.348 e. The van der Waals surface area contributed by atoms with Crippen LogP contribution in [0.2, 0.25) is 5.02 Å². The minimum Gasteiger partial charge on any atom is -0.456 e. The highest BCUT2D eigenvalue weighted by molar-refractivity contribution is 7.20. The molecule has 0 amide bonds. The van der Waals surface area contributed by atoms with E-state index in [0.717, 1.165) is 10.1 Å². The molecule has 3 rings (SSSR count). The van der Waals surface area contributed by atoms with Crippen molar-refractivity contribution in [1.29, 1.82) is 0 Å². The van der Waals surface area contributed by atoms with Crippen LogP contribution in [0.4, 0.5) is 4.39 Å². The number of esters is 1. The zero-order valence-corrected chi connectivity index (χ0v) is 12.4. The quantitative estimate of drug-likeness (QED) is 0.631. The van der Waals surface area contributed by atoms with Gasteiger partial charge >= 0.3 is 5.97 Å². The van der Waals surface area contributed by atoms with E-state index in [9.17, 15) is 9.18 Å². The number of rotatable bonds is 3. The van der Waals surface area contributed by atoms with E-state index >= 15 is 0 Å². The molecule has 0 unspecified atom stereocenters. The number of halogens is 2. The first-order valence-corrected chi connectivity index (χ1v) is 7.43. The Labute approximate surface area is 129 Å². The van der Waals surface area contributed by atoms with Crippen molar-refractivity contribution in [1.82, 2.24) is 0 Å². The number of carbonyl (C=O) groups excluding carboxylic acids is 1. The fraction of sp³-hybridized carbons (Fsp3) is 0.0625. The molecule has 0 aliphatic carbocycles. The van der Waals surface area contributed by atoms with Crippen LogP contribution in [0.3, 0.4) is 0 Å². The fourth-order valence-electron chi connectivity index (χ4n) is 1.96. The summed E-state index contributed by atoms with van der Waals surface area (Å²) >= 11 is 7.24. The monoisotopic (exact) mass is 320 g/mol. The van der Waals surface area contributed by atoms with Crippen LogP contribution < -0.4 is 0 Å². The molecule has 5 heteroatoms. The summed E-state index contributed by atoms with van der Waals surface area (Å²) < 4.78 is 19.8. The van der Waals surface area contributed by atoms with Gasteiger partial charge in [0.15, 0.2) is 0 Å². The van der Waals surface area contributed by atoms with Crippen LogP contribution >= 0.6 is 22.9 Å². The lowest BCUT2D eigenvalue weighted by molar-refractivity contribution is 0.0475. The molecular weight excluding hydrogens is 311 g/mol. The molecular formula is C16H10ClFO2S. The maximum atomic E-state index is 13.6. The second-order valence-electron chi connectivity index (χ2n) is 4.42. The Morgan fingerprint density at radius 1 is 1.19 bits per heavy atom. The first-order valence-electron chi connectivity index (χ1n) is 6.24. The van der Waals surface area contributed by atoms with Gasteiger partial charge in [-0.1, -0.05) is 35.9 Å².